The van der Waals surface area contributed by atoms with E-state index in [2.05, 4.69) is 18.3 Å². The van der Waals surface area contributed by atoms with Crippen LogP contribution in [0.2, 0.25) is 5.02 Å². The SMILES string of the molecule is CCCNC(Cc1cc(Cl)ccc1OC)C1CCCCC1. The van der Waals surface area contributed by atoms with Crippen molar-refractivity contribution in [3.63, 3.8) is 0 Å². The van der Waals surface area contributed by atoms with Gasteiger partial charge in [0.15, 0.2) is 0 Å². The van der Waals surface area contributed by atoms with E-state index in [1.165, 1.54) is 44.1 Å². The number of halogens is 1. The molecule has 1 N–H and O–H groups in total. The van der Waals surface area contributed by atoms with Crippen LogP contribution in [-0.4, -0.2) is 19.7 Å². The molecule has 0 bridgehead atoms. The molecule has 1 saturated carbocycles. The fourth-order valence-electron chi connectivity index (χ4n) is 3.42. The van der Waals surface area contributed by atoms with Crippen molar-refractivity contribution in [3.8, 4) is 5.75 Å². The van der Waals surface area contributed by atoms with Gasteiger partial charge in [0, 0.05) is 11.1 Å². The van der Waals surface area contributed by atoms with Crippen molar-refractivity contribution in [1.82, 2.24) is 5.32 Å². The number of rotatable bonds is 7. The minimum Gasteiger partial charge on any atom is -0.496 e. The third kappa shape index (κ3) is 4.89. The van der Waals surface area contributed by atoms with Crippen LogP contribution in [0.4, 0.5) is 0 Å². The first-order chi connectivity index (χ1) is 10.2. The largest absolute Gasteiger partial charge is 0.496 e. The van der Waals surface area contributed by atoms with Crippen LogP contribution in [0.15, 0.2) is 18.2 Å². The Morgan fingerprint density at radius 3 is 2.71 bits per heavy atom. The van der Waals surface area contributed by atoms with Gasteiger partial charge in [-0.2, -0.15) is 0 Å². The molecule has 0 spiro atoms. The molecule has 1 fully saturated rings. The van der Waals surface area contributed by atoms with Crippen LogP contribution in [-0.2, 0) is 6.42 Å². The van der Waals surface area contributed by atoms with Gasteiger partial charge in [-0.1, -0.05) is 37.8 Å². The molecule has 0 saturated heterocycles. The van der Waals surface area contributed by atoms with E-state index in [9.17, 15) is 0 Å². The van der Waals surface area contributed by atoms with E-state index in [4.69, 9.17) is 16.3 Å². The fourth-order valence-corrected chi connectivity index (χ4v) is 3.61. The van der Waals surface area contributed by atoms with Gasteiger partial charge in [-0.15, -0.1) is 0 Å². The summed E-state index contributed by atoms with van der Waals surface area (Å²) < 4.78 is 5.51. The molecule has 1 aliphatic rings. The molecule has 0 aliphatic heterocycles. The summed E-state index contributed by atoms with van der Waals surface area (Å²) in [6.07, 6.45) is 9.04. The topological polar surface area (TPSA) is 21.3 Å². The Bertz CT molecular complexity index is 429. The quantitative estimate of drug-likeness (QED) is 0.778. The van der Waals surface area contributed by atoms with Gasteiger partial charge in [0.2, 0.25) is 0 Å². The smallest absolute Gasteiger partial charge is 0.122 e. The second-order valence-corrected chi connectivity index (χ2v) is 6.56. The molecular formula is C18H28ClNO. The zero-order valence-electron chi connectivity index (χ0n) is 13.3. The molecule has 1 unspecified atom stereocenters. The summed E-state index contributed by atoms with van der Waals surface area (Å²) in [5.74, 6) is 1.74. The lowest BCUT2D eigenvalue weighted by Crippen LogP contribution is -2.39. The monoisotopic (exact) mass is 309 g/mol. The van der Waals surface area contributed by atoms with Crippen LogP contribution in [0, 0.1) is 5.92 Å². The Morgan fingerprint density at radius 1 is 1.29 bits per heavy atom. The van der Waals surface area contributed by atoms with E-state index in [0.29, 0.717) is 6.04 Å². The van der Waals surface area contributed by atoms with Crippen molar-refractivity contribution >= 4 is 11.6 Å². The van der Waals surface area contributed by atoms with Crippen molar-refractivity contribution in [1.29, 1.82) is 0 Å². The Balaban J connectivity index is 2.11. The molecular weight excluding hydrogens is 282 g/mol. The zero-order valence-corrected chi connectivity index (χ0v) is 14.1. The van der Waals surface area contributed by atoms with Crippen LogP contribution in [0.1, 0.15) is 51.0 Å². The first-order valence-corrected chi connectivity index (χ1v) is 8.68. The van der Waals surface area contributed by atoms with Gasteiger partial charge in [0.1, 0.15) is 5.75 Å². The third-order valence-electron chi connectivity index (χ3n) is 4.56. The summed E-state index contributed by atoms with van der Waals surface area (Å²) in [6, 6.07) is 6.48. The summed E-state index contributed by atoms with van der Waals surface area (Å²) >= 11 is 6.17. The lowest BCUT2D eigenvalue weighted by molar-refractivity contribution is 0.265. The highest BCUT2D eigenvalue weighted by Crippen LogP contribution is 2.31. The first kappa shape index (κ1) is 16.6. The van der Waals surface area contributed by atoms with Crippen molar-refractivity contribution < 1.29 is 4.74 Å². The molecule has 2 nitrogen and oxygen atoms in total. The summed E-state index contributed by atoms with van der Waals surface area (Å²) in [5.41, 5.74) is 1.23. The van der Waals surface area contributed by atoms with Crippen molar-refractivity contribution in [3.05, 3.63) is 28.8 Å². The molecule has 2 rings (SSSR count). The minimum atomic E-state index is 0.539. The third-order valence-corrected chi connectivity index (χ3v) is 4.79. The van der Waals surface area contributed by atoms with E-state index in [0.717, 1.165) is 29.7 Å². The van der Waals surface area contributed by atoms with Crippen LogP contribution in [0.3, 0.4) is 0 Å². The van der Waals surface area contributed by atoms with Gasteiger partial charge in [0.25, 0.3) is 0 Å². The highest BCUT2D eigenvalue weighted by molar-refractivity contribution is 6.30. The average molecular weight is 310 g/mol. The van der Waals surface area contributed by atoms with Crippen LogP contribution in [0.5, 0.6) is 5.75 Å². The number of hydrogen-bond acceptors (Lipinski definition) is 2. The molecule has 0 aromatic heterocycles. The number of benzene rings is 1. The van der Waals surface area contributed by atoms with Gasteiger partial charge in [0.05, 0.1) is 7.11 Å². The summed E-state index contributed by atoms with van der Waals surface area (Å²) in [4.78, 5) is 0. The normalized spacial score (nSPS) is 17.7. The Morgan fingerprint density at radius 2 is 2.05 bits per heavy atom. The van der Waals surface area contributed by atoms with Gasteiger partial charge in [-0.05, 0) is 61.9 Å². The summed E-state index contributed by atoms with van der Waals surface area (Å²) in [5, 5.41) is 4.55. The summed E-state index contributed by atoms with van der Waals surface area (Å²) in [6.45, 7) is 3.31. The van der Waals surface area contributed by atoms with E-state index in [1.54, 1.807) is 7.11 Å². The highest BCUT2D eigenvalue weighted by Gasteiger charge is 2.24. The Kier molecular flexibility index (Phi) is 6.85. The molecule has 0 heterocycles. The Hall–Kier alpha value is -0.730. The van der Waals surface area contributed by atoms with Crippen molar-refractivity contribution in [2.24, 2.45) is 5.92 Å². The lowest BCUT2D eigenvalue weighted by Gasteiger charge is -2.31. The van der Waals surface area contributed by atoms with Crippen LogP contribution < -0.4 is 10.1 Å². The van der Waals surface area contributed by atoms with Crippen LogP contribution in [0.25, 0.3) is 0 Å². The maximum absolute atomic E-state index is 6.17. The van der Waals surface area contributed by atoms with E-state index < -0.39 is 0 Å². The number of methoxy groups -OCH3 is 1. The van der Waals surface area contributed by atoms with Gasteiger partial charge in [-0.25, -0.2) is 0 Å². The second-order valence-electron chi connectivity index (χ2n) is 6.12. The van der Waals surface area contributed by atoms with E-state index in [-0.39, 0.29) is 0 Å². The maximum atomic E-state index is 6.17. The predicted molar refractivity (Wildman–Crippen MR) is 90.4 cm³/mol. The predicted octanol–water partition coefficient (Wildman–Crippen LogP) is 4.84. The molecule has 1 atom stereocenters. The van der Waals surface area contributed by atoms with E-state index >= 15 is 0 Å². The fraction of sp³-hybridized carbons (Fsp3) is 0.667. The molecule has 118 valence electrons. The molecule has 1 aromatic carbocycles. The lowest BCUT2D eigenvalue weighted by atomic mass is 9.81. The van der Waals surface area contributed by atoms with Crippen LogP contribution >= 0.6 is 11.6 Å². The molecule has 0 radical (unpaired) electrons. The molecule has 1 aliphatic carbocycles. The van der Waals surface area contributed by atoms with Crippen molar-refractivity contribution in [2.75, 3.05) is 13.7 Å². The Labute approximate surface area is 134 Å². The summed E-state index contributed by atoms with van der Waals surface area (Å²) in [7, 11) is 1.74. The minimum absolute atomic E-state index is 0.539. The number of nitrogens with one attached hydrogen (secondary N) is 1. The second kappa shape index (κ2) is 8.65. The molecule has 0 amide bonds. The zero-order chi connectivity index (χ0) is 15.1. The average Bonchev–Trinajstić information content (AvgIpc) is 2.52. The first-order valence-electron chi connectivity index (χ1n) is 8.30. The maximum Gasteiger partial charge on any atom is 0.122 e. The van der Waals surface area contributed by atoms with Gasteiger partial charge in [-0.3, -0.25) is 0 Å². The van der Waals surface area contributed by atoms with Gasteiger partial charge < -0.3 is 10.1 Å². The number of hydrogen-bond donors (Lipinski definition) is 1. The number of ether oxygens (including phenoxy) is 1. The molecule has 1 aromatic rings. The van der Waals surface area contributed by atoms with E-state index in [1.807, 2.05) is 12.1 Å². The van der Waals surface area contributed by atoms with Crippen molar-refractivity contribution in [2.45, 2.75) is 57.9 Å². The standard InChI is InChI=1S/C18H28ClNO/c1-3-11-20-17(14-7-5-4-6-8-14)13-15-12-16(19)9-10-18(15)21-2/h9-10,12,14,17,20H,3-8,11,13H2,1-2H3. The van der Waals surface area contributed by atoms with Gasteiger partial charge >= 0.3 is 0 Å². The molecule has 21 heavy (non-hydrogen) atoms. The highest BCUT2D eigenvalue weighted by atomic mass is 35.5. The molecule has 3 heteroatoms.